The van der Waals surface area contributed by atoms with Gasteiger partial charge in [0.1, 0.15) is 0 Å². The zero-order valence-corrected chi connectivity index (χ0v) is 20.4. The van der Waals surface area contributed by atoms with Crippen LogP contribution in [0.2, 0.25) is 0 Å². The van der Waals surface area contributed by atoms with Gasteiger partial charge in [0.15, 0.2) is 0 Å². The number of hydrogen-bond donors (Lipinski definition) is 0. The lowest BCUT2D eigenvalue weighted by molar-refractivity contribution is 0.235. The highest BCUT2D eigenvalue weighted by Crippen LogP contribution is 2.48. The minimum atomic E-state index is 0.707. The van der Waals surface area contributed by atoms with Crippen LogP contribution < -0.4 is 4.90 Å². The molecule has 0 radical (unpaired) electrons. The van der Waals surface area contributed by atoms with Crippen LogP contribution in [0, 0.1) is 11.8 Å². The third-order valence-electron chi connectivity index (χ3n) is 7.24. The van der Waals surface area contributed by atoms with Crippen LogP contribution in [0.5, 0.6) is 0 Å². The van der Waals surface area contributed by atoms with Crippen LogP contribution in [0.25, 0.3) is 0 Å². The fourth-order valence-corrected chi connectivity index (χ4v) is 6.39. The highest BCUT2D eigenvalue weighted by atomic mass is 32.2. The summed E-state index contributed by atoms with van der Waals surface area (Å²) in [5, 5.41) is 0. The third kappa shape index (κ3) is 5.05. The van der Waals surface area contributed by atoms with E-state index in [0.29, 0.717) is 11.8 Å². The molecule has 0 saturated heterocycles. The molecule has 1 fully saturated rings. The van der Waals surface area contributed by atoms with Crippen LogP contribution in [-0.4, -0.2) is 25.0 Å². The molecule has 0 N–H and O–H groups in total. The van der Waals surface area contributed by atoms with Gasteiger partial charge in [-0.3, -0.25) is 0 Å². The maximum Gasteiger partial charge on any atom is 0.0552 e. The topological polar surface area (TPSA) is 6.48 Å². The van der Waals surface area contributed by atoms with E-state index >= 15 is 0 Å². The SMILES string of the molecule is C=C1[C@H](CCCN2c3ccccc3Sc3ccccc32)C[C@H]1CCN(C)Cc1ccccc1. The zero-order valence-electron chi connectivity index (χ0n) is 19.6. The average molecular weight is 455 g/mol. The smallest absolute Gasteiger partial charge is 0.0552 e. The van der Waals surface area contributed by atoms with Gasteiger partial charge in [-0.1, -0.05) is 78.5 Å². The number of nitrogens with zero attached hydrogens (tertiary/aromatic N) is 2. The van der Waals surface area contributed by atoms with Gasteiger partial charge in [0.05, 0.1) is 11.4 Å². The zero-order chi connectivity index (χ0) is 22.6. The molecule has 170 valence electrons. The van der Waals surface area contributed by atoms with Gasteiger partial charge in [-0.2, -0.15) is 0 Å². The van der Waals surface area contributed by atoms with E-state index in [1.807, 2.05) is 11.8 Å². The second-order valence-electron chi connectivity index (χ2n) is 9.55. The molecule has 1 heterocycles. The summed E-state index contributed by atoms with van der Waals surface area (Å²) in [5.74, 6) is 1.42. The quantitative estimate of drug-likeness (QED) is 0.305. The summed E-state index contributed by atoms with van der Waals surface area (Å²) < 4.78 is 0. The minimum Gasteiger partial charge on any atom is -0.340 e. The van der Waals surface area contributed by atoms with Crippen molar-refractivity contribution in [3.8, 4) is 0 Å². The molecule has 0 spiro atoms. The Balaban J connectivity index is 1.10. The van der Waals surface area contributed by atoms with Gasteiger partial charge in [-0.05, 0) is 80.9 Å². The van der Waals surface area contributed by atoms with Gasteiger partial charge in [-0.25, -0.2) is 0 Å². The van der Waals surface area contributed by atoms with Crippen molar-refractivity contribution in [2.24, 2.45) is 11.8 Å². The van der Waals surface area contributed by atoms with E-state index < -0.39 is 0 Å². The Morgan fingerprint density at radius 1 is 0.848 bits per heavy atom. The number of rotatable bonds is 9. The Hall–Kier alpha value is -2.49. The molecule has 2 nitrogen and oxygen atoms in total. The number of anilines is 2. The first-order valence-electron chi connectivity index (χ1n) is 12.2. The molecule has 3 aromatic carbocycles. The lowest BCUT2D eigenvalue weighted by atomic mass is 9.67. The Kier molecular flexibility index (Phi) is 6.89. The van der Waals surface area contributed by atoms with Crippen LogP contribution in [-0.2, 0) is 6.54 Å². The monoisotopic (exact) mass is 454 g/mol. The lowest BCUT2D eigenvalue weighted by Gasteiger charge is -2.40. The second-order valence-corrected chi connectivity index (χ2v) is 10.6. The number of allylic oxidation sites excluding steroid dienone is 1. The van der Waals surface area contributed by atoms with Gasteiger partial charge in [0, 0.05) is 22.9 Å². The summed E-state index contributed by atoms with van der Waals surface area (Å²) in [6.45, 7) is 7.73. The second kappa shape index (κ2) is 10.2. The molecule has 1 aliphatic carbocycles. The first kappa shape index (κ1) is 22.3. The number of hydrogen-bond acceptors (Lipinski definition) is 3. The van der Waals surface area contributed by atoms with E-state index in [9.17, 15) is 0 Å². The van der Waals surface area contributed by atoms with Crippen molar-refractivity contribution >= 4 is 23.1 Å². The van der Waals surface area contributed by atoms with Crippen LogP contribution in [0.4, 0.5) is 11.4 Å². The summed E-state index contributed by atoms with van der Waals surface area (Å²) in [7, 11) is 2.23. The predicted molar refractivity (Wildman–Crippen MR) is 141 cm³/mol. The van der Waals surface area contributed by atoms with E-state index in [1.165, 1.54) is 58.0 Å². The van der Waals surface area contributed by atoms with Gasteiger partial charge in [0.2, 0.25) is 0 Å². The summed E-state index contributed by atoms with van der Waals surface area (Å²) in [6.07, 6.45) is 5.02. The molecule has 3 aromatic rings. The molecule has 2 aliphatic rings. The summed E-state index contributed by atoms with van der Waals surface area (Å²) in [6, 6.07) is 28.4. The van der Waals surface area contributed by atoms with E-state index in [2.05, 4.69) is 102 Å². The molecule has 1 aliphatic heterocycles. The van der Waals surface area contributed by atoms with Crippen molar-refractivity contribution in [3.63, 3.8) is 0 Å². The largest absolute Gasteiger partial charge is 0.340 e. The fraction of sp³-hybridized carbons (Fsp3) is 0.333. The van der Waals surface area contributed by atoms with Crippen molar-refractivity contribution in [1.82, 2.24) is 4.90 Å². The van der Waals surface area contributed by atoms with E-state index in [4.69, 9.17) is 0 Å². The molecule has 0 unspecified atom stereocenters. The average Bonchev–Trinajstić information content (AvgIpc) is 2.85. The third-order valence-corrected chi connectivity index (χ3v) is 8.37. The van der Waals surface area contributed by atoms with E-state index in [0.717, 1.165) is 19.6 Å². The maximum atomic E-state index is 4.49. The van der Waals surface area contributed by atoms with Crippen LogP contribution in [0.3, 0.4) is 0 Å². The molecule has 33 heavy (non-hydrogen) atoms. The van der Waals surface area contributed by atoms with Crippen molar-refractivity contribution < 1.29 is 0 Å². The molecular formula is C30H34N2S. The molecular weight excluding hydrogens is 420 g/mol. The number of para-hydroxylation sites is 2. The standard InChI is InChI=1S/C30H34N2S/c1-23-25(21-26(23)18-20-31(2)22-24-11-4-3-5-12-24)13-10-19-32-27-14-6-8-16-29(27)33-30-17-9-7-15-28(30)32/h3-9,11-12,14-17,25-26H,1,10,13,18-22H2,2H3/t25-,26-/m1/s1. The predicted octanol–water partition coefficient (Wildman–Crippen LogP) is 7.78. The Bertz CT molecular complexity index is 1050. The number of fused-ring (bicyclic) bond motifs is 2. The van der Waals surface area contributed by atoms with Crippen molar-refractivity contribution in [2.75, 3.05) is 25.0 Å². The first-order valence-corrected chi connectivity index (χ1v) is 13.1. The van der Waals surface area contributed by atoms with Crippen molar-refractivity contribution in [3.05, 3.63) is 96.6 Å². The van der Waals surface area contributed by atoms with Gasteiger partial charge in [0.25, 0.3) is 0 Å². The first-order chi connectivity index (χ1) is 16.2. The minimum absolute atomic E-state index is 0.707. The summed E-state index contributed by atoms with van der Waals surface area (Å²) in [5.41, 5.74) is 5.60. The molecule has 2 atom stereocenters. The Labute approximate surface area is 203 Å². The van der Waals surface area contributed by atoms with E-state index in [1.54, 1.807) is 0 Å². The van der Waals surface area contributed by atoms with E-state index in [-0.39, 0.29) is 0 Å². The Morgan fingerprint density at radius 2 is 1.45 bits per heavy atom. The Morgan fingerprint density at radius 3 is 2.12 bits per heavy atom. The molecule has 0 aromatic heterocycles. The van der Waals surface area contributed by atoms with Gasteiger partial charge < -0.3 is 9.80 Å². The summed E-state index contributed by atoms with van der Waals surface area (Å²) >= 11 is 1.89. The maximum absolute atomic E-state index is 4.49. The molecule has 0 amide bonds. The fourth-order valence-electron chi connectivity index (χ4n) is 5.29. The molecule has 5 rings (SSSR count). The normalized spacial score (nSPS) is 19.2. The highest BCUT2D eigenvalue weighted by Gasteiger charge is 2.33. The van der Waals surface area contributed by atoms with Gasteiger partial charge in [-0.15, -0.1) is 0 Å². The highest BCUT2D eigenvalue weighted by molar-refractivity contribution is 7.99. The molecule has 0 bridgehead atoms. The van der Waals surface area contributed by atoms with Crippen LogP contribution >= 0.6 is 11.8 Å². The molecule has 1 saturated carbocycles. The van der Waals surface area contributed by atoms with Crippen molar-refractivity contribution in [1.29, 1.82) is 0 Å². The summed E-state index contributed by atoms with van der Waals surface area (Å²) in [4.78, 5) is 7.70. The lowest BCUT2D eigenvalue weighted by Crippen LogP contribution is -2.31. The van der Waals surface area contributed by atoms with Gasteiger partial charge >= 0.3 is 0 Å². The number of benzene rings is 3. The van der Waals surface area contributed by atoms with Crippen LogP contribution in [0.1, 0.15) is 31.2 Å². The molecule has 3 heteroatoms. The van der Waals surface area contributed by atoms with Crippen molar-refractivity contribution in [2.45, 2.75) is 42.0 Å². The van der Waals surface area contributed by atoms with Crippen LogP contribution in [0.15, 0.2) is 101 Å².